The van der Waals surface area contributed by atoms with Crippen LogP contribution in [0.1, 0.15) is 0 Å². The van der Waals surface area contributed by atoms with Crippen molar-refractivity contribution >= 4 is 18.3 Å². The van der Waals surface area contributed by atoms with Crippen molar-refractivity contribution in [2.24, 2.45) is 0 Å². The van der Waals surface area contributed by atoms with Crippen molar-refractivity contribution < 1.29 is 4.57 Å². The summed E-state index contributed by atoms with van der Waals surface area (Å²) in [5.74, 6) is 0.423. The Morgan fingerprint density at radius 1 is 1.55 bits per heavy atom. The fourth-order valence-corrected chi connectivity index (χ4v) is 1.64. The van der Waals surface area contributed by atoms with Gasteiger partial charge in [-0.25, -0.2) is 4.98 Å². The molecule has 0 aliphatic rings. The second-order valence-corrected chi connectivity index (χ2v) is 6.01. The Balaban J connectivity index is 3.17. The largest absolute Gasteiger partial charge is 0.384 e. The van der Waals surface area contributed by atoms with E-state index < -0.39 is 7.14 Å². The van der Waals surface area contributed by atoms with Crippen molar-refractivity contribution in [1.29, 1.82) is 0 Å². The van der Waals surface area contributed by atoms with Gasteiger partial charge in [-0.1, -0.05) is 0 Å². The van der Waals surface area contributed by atoms with Crippen LogP contribution >= 0.6 is 7.14 Å². The molecule has 0 spiro atoms. The first-order chi connectivity index (χ1) is 5.00. The molecular formula is C7H11N2OP. The van der Waals surface area contributed by atoms with Gasteiger partial charge in [-0.3, -0.25) is 0 Å². The molecule has 0 bridgehead atoms. The number of hydrogen-bond acceptors (Lipinski definition) is 3. The maximum absolute atomic E-state index is 11.5. The highest BCUT2D eigenvalue weighted by atomic mass is 31.2. The number of nitrogens with zero attached hydrogens (tertiary/aromatic N) is 1. The predicted octanol–water partition coefficient (Wildman–Crippen LogP) is 0.912. The SMILES string of the molecule is CP(C)(=O)c1ccnc(N)c1. The predicted molar refractivity (Wildman–Crippen MR) is 47.7 cm³/mol. The zero-order chi connectivity index (χ0) is 8.48. The molecule has 0 aliphatic carbocycles. The summed E-state index contributed by atoms with van der Waals surface area (Å²) in [5, 5.41) is 0.782. The van der Waals surface area contributed by atoms with Crippen LogP contribution in [0, 0.1) is 0 Å². The third kappa shape index (κ3) is 2.05. The molecule has 0 aromatic carbocycles. The van der Waals surface area contributed by atoms with Crippen molar-refractivity contribution in [3.63, 3.8) is 0 Å². The molecular weight excluding hydrogens is 159 g/mol. The molecule has 3 nitrogen and oxygen atoms in total. The molecule has 1 aromatic rings. The Bertz CT molecular complexity index is 305. The number of nitrogens with two attached hydrogens (primary N) is 1. The molecule has 0 amide bonds. The van der Waals surface area contributed by atoms with E-state index in [0.717, 1.165) is 5.30 Å². The molecule has 1 heterocycles. The van der Waals surface area contributed by atoms with Crippen LogP contribution in [0.2, 0.25) is 0 Å². The molecule has 4 heteroatoms. The highest BCUT2D eigenvalue weighted by molar-refractivity contribution is 7.70. The minimum atomic E-state index is -2.17. The molecule has 0 atom stereocenters. The van der Waals surface area contributed by atoms with Crippen molar-refractivity contribution in [3.05, 3.63) is 18.3 Å². The van der Waals surface area contributed by atoms with Crippen LogP contribution in [0.4, 0.5) is 5.82 Å². The summed E-state index contributed by atoms with van der Waals surface area (Å²) < 4.78 is 11.5. The Kier molecular flexibility index (Phi) is 2.01. The van der Waals surface area contributed by atoms with E-state index in [4.69, 9.17) is 5.73 Å². The van der Waals surface area contributed by atoms with Crippen LogP contribution in [0.3, 0.4) is 0 Å². The molecule has 0 aliphatic heterocycles. The highest BCUT2D eigenvalue weighted by Crippen LogP contribution is 2.34. The molecule has 0 saturated carbocycles. The van der Waals surface area contributed by atoms with Crippen molar-refractivity contribution in [2.75, 3.05) is 19.1 Å². The molecule has 1 aromatic heterocycles. The standard InChI is InChI=1S/C7H11N2OP/c1-11(2,10)6-3-4-9-7(8)5-6/h3-5H,1-2H3,(H2,8,9). The maximum Gasteiger partial charge on any atom is 0.124 e. The molecule has 2 N–H and O–H groups in total. The molecule has 0 saturated heterocycles. The van der Waals surface area contributed by atoms with Gasteiger partial charge in [0.15, 0.2) is 0 Å². The number of rotatable bonds is 1. The van der Waals surface area contributed by atoms with Gasteiger partial charge in [-0.15, -0.1) is 0 Å². The summed E-state index contributed by atoms with van der Waals surface area (Å²) in [5.41, 5.74) is 5.42. The summed E-state index contributed by atoms with van der Waals surface area (Å²) in [6.45, 7) is 3.42. The van der Waals surface area contributed by atoms with Gasteiger partial charge in [0.1, 0.15) is 13.0 Å². The zero-order valence-corrected chi connectivity index (χ0v) is 7.51. The van der Waals surface area contributed by atoms with Crippen LogP contribution in [-0.4, -0.2) is 18.3 Å². The van der Waals surface area contributed by atoms with Gasteiger partial charge in [0.05, 0.1) is 0 Å². The summed E-state index contributed by atoms with van der Waals surface area (Å²) >= 11 is 0. The van der Waals surface area contributed by atoms with Gasteiger partial charge in [0.25, 0.3) is 0 Å². The topological polar surface area (TPSA) is 56.0 Å². The van der Waals surface area contributed by atoms with E-state index in [9.17, 15) is 4.57 Å². The van der Waals surface area contributed by atoms with E-state index in [1.807, 2.05) is 0 Å². The fraction of sp³-hybridized carbons (Fsp3) is 0.286. The van der Waals surface area contributed by atoms with Crippen molar-refractivity contribution in [1.82, 2.24) is 4.98 Å². The lowest BCUT2D eigenvalue weighted by Crippen LogP contribution is -2.04. The molecule has 0 fully saturated rings. The Morgan fingerprint density at radius 2 is 2.18 bits per heavy atom. The number of hydrogen-bond donors (Lipinski definition) is 1. The number of aromatic nitrogens is 1. The van der Waals surface area contributed by atoms with E-state index in [2.05, 4.69) is 4.98 Å². The van der Waals surface area contributed by atoms with Gasteiger partial charge >= 0.3 is 0 Å². The lowest BCUT2D eigenvalue weighted by molar-refractivity contribution is 0.588. The van der Waals surface area contributed by atoms with E-state index in [-0.39, 0.29) is 0 Å². The first-order valence-electron chi connectivity index (χ1n) is 3.27. The Hall–Kier alpha value is -0.820. The molecule has 0 unspecified atom stereocenters. The van der Waals surface area contributed by atoms with Gasteiger partial charge in [-0.05, 0) is 25.5 Å². The van der Waals surface area contributed by atoms with Crippen LogP contribution in [0.15, 0.2) is 18.3 Å². The Labute approximate surface area is 66.0 Å². The summed E-state index contributed by atoms with van der Waals surface area (Å²) in [6, 6.07) is 3.39. The second kappa shape index (κ2) is 2.67. The molecule has 60 valence electrons. The van der Waals surface area contributed by atoms with Crippen LogP contribution in [0.5, 0.6) is 0 Å². The normalized spacial score (nSPS) is 11.5. The van der Waals surface area contributed by atoms with E-state index in [0.29, 0.717) is 5.82 Å². The zero-order valence-electron chi connectivity index (χ0n) is 6.61. The average Bonchev–Trinajstić information content (AvgIpc) is 1.86. The van der Waals surface area contributed by atoms with Crippen LogP contribution in [-0.2, 0) is 4.57 Å². The van der Waals surface area contributed by atoms with Gasteiger partial charge in [-0.2, -0.15) is 0 Å². The minimum Gasteiger partial charge on any atom is -0.384 e. The lowest BCUT2D eigenvalue weighted by Gasteiger charge is -2.05. The third-order valence-electron chi connectivity index (χ3n) is 1.39. The monoisotopic (exact) mass is 170 g/mol. The maximum atomic E-state index is 11.5. The number of pyridine rings is 1. The molecule has 11 heavy (non-hydrogen) atoms. The van der Waals surface area contributed by atoms with Gasteiger partial charge in [0, 0.05) is 11.5 Å². The minimum absolute atomic E-state index is 0.423. The first kappa shape index (κ1) is 8.28. The average molecular weight is 170 g/mol. The van der Waals surface area contributed by atoms with Crippen molar-refractivity contribution in [2.45, 2.75) is 0 Å². The van der Waals surface area contributed by atoms with Gasteiger partial charge < -0.3 is 10.3 Å². The van der Waals surface area contributed by atoms with Crippen LogP contribution in [0.25, 0.3) is 0 Å². The van der Waals surface area contributed by atoms with Crippen LogP contribution < -0.4 is 11.0 Å². The van der Waals surface area contributed by atoms with E-state index in [1.165, 1.54) is 0 Å². The van der Waals surface area contributed by atoms with Crippen molar-refractivity contribution in [3.8, 4) is 0 Å². The summed E-state index contributed by atoms with van der Waals surface area (Å²) in [7, 11) is -2.17. The quantitative estimate of drug-likeness (QED) is 0.637. The first-order valence-corrected chi connectivity index (χ1v) is 5.87. The summed E-state index contributed by atoms with van der Waals surface area (Å²) in [6.07, 6.45) is 1.57. The Morgan fingerprint density at radius 3 is 2.55 bits per heavy atom. The second-order valence-electron chi connectivity index (χ2n) is 2.79. The smallest absolute Gasteiger partial charge is 0.124 e. The number of anilines is 1. The number of nitrogen functional groups attached to an aromatic ring is 1. The highest BCUT2D eigenvalue weighted by Gasteiger charge is 2.10. The third-order valence-corrected chi connectivity index (χ3v) is 2.91. The molecule has 0 radical (unpaired) electrons. The van der Waals surface area contributed by atoms with E-state index in [1.54, 1.807) is 31.7 Å². The fourth-order valence-electron chi connectivity index (χ4n) is 0.772. The summed E-state index contributed by atoms with van der Waals surface area (Å²) in [4.78, 5) is 3.81. The van der Waals surface area contributed by atoms with E-state index >= 15 is 0 Å². The van der Waals surface area contributed by atoms with Gasteiger partial charge in [0.2, 0.25) is 0 Å². The molecule has 1 rings (SSSR count). The lowest BCUT2D eigenvalue weighted by atomic mass is 10.5.